The smallest absolute Gasteiger partial charge is 0.236 e. The number of hydrogen-bond acceptors (Lipinski definition) is 2. The van der Waals surface area contributed by atoms with E-state index in [0.29, 0.717) is 9.76 Å². The van der Waals surface area contributed by atoms with Crippen molar-refractivity contribution in [3.63, 3.8) is 0 Å². The van der Waals surface area contributed by atoms with Gasteiger partial charge in [-0.2, -0.15) is 0 Å². The van der Waals surface area contributed by atoms with Gasteiger partial charge in [-0.3, -0.25) is 0 Å². The van der Waals surface area contributed by atoms with Crippen LogP contribution in [-0.2, 0) is 4.43 Å². The molecule has 0 aromatic carbocycles. The molecule has 0 aliphatic heterocycles. The molecule has 2 N–H and O–H groups in total. The van der Waals surface area contributed by atoms with Gasteiger partial charge in [-0.25, -0.2) is 0 Å². The minimum absolute atomic E-state index is 0.127. The van der Waals surface area contributed by atoms with Crippen LogP contribution in [0.15, 0.2) is 0 Å². The van der Waals surface area contributed by atoms with E-state index < -0.39 is 0 Å². The summed E-state index contributed by atoms with van der Waals surface area (Å²) in [5.41, 5.74) is 5.77. The van der Waals surface area contributed by atoms with Crippen LogP contribution in [0.25, 0.3) is 0 Å². The molecule has 3 heteroatoms. The molecule has 1 unspecified atom stereocenters. The third kappa shape index (κ3) is 5.44. The zero-order valence-corrected chi connectivity index (χ0v) is 10.8. The highest BCUT2D eigenvalue weighted by Gasteiger charge is 2.28. The molecule has 0 aliphatic carbocycles. The second kappa shape index (κ2) is 4.58. The van der Waals surface area contributed by atoms with Gasteiger partial charge in [-0.1, -0.05) is 27.7 Å². The third-order valence-corrected chi connectivity index (χ3v) is 3.19. The first-order valence-corrected chi connectivity index (χ1v) is 5.80. The van der Waals surface area contributed by atoms with Gasteiger partial charge in [-0.05, 0) is 25.3 Å². The van der Waals surface area contributed by atoms with Gasteiger partial charge in [0, 0.05) is 6.04 Å². The zero-order valence-electron chi connectivity index (χ0n) is 9.77. The lowest BCUT2D eigenvalue weighted by Gasteiger charge is -2.33. The van der Waals surface area contributed by atoms with Gasteiger partial charge < -0.3 is 10.2 Å². The third-order valence-electron chi connectivity index (χ3n) is 1.95. The highest BCUT2D eigenvalue weighted by molar-refractivity contribution is 6.31. The Morgan fingerprint density at radius 1 is 1.23 bits per heavy atom. The molecule has 0 rings (SSSR count). The van der Waals surface area contributed by atoms with Crippen LogP contribution < -0.4 is 5.73 Å². The van der Waals surface area contributed by atoms with E-state index in [1.807, 2.05) is 0 Å². The Morgan fingerprint density at radius 3 is 2.00 bits per heavy atom. The highest BCUT2D eigenvalue weighted by Crippen LogP contribution is 2.24. The zero-order chi connectivity index (χ0) is 10.7. The minimum Gasteiger partial charge on any atom is -0.410 e. The predicted octanol–water partition coefficient (Wildman–Crippen LogP) is 2.36. The van der Waals surface area contributed by atoms with Gasteiger partial charge >= 0.3 is 0 Å². The first-order valence-electron chi connectivity index (χ1n) is 4.90. The lowest BCUT2D eigenvalue weighted by molar-refractivity contribution is 0.0784. The first kappa shape index (κ1) is 13.1. The summed E-state index contributed by atoms with van der Waals surface area (Å²) in [5, 5.41) is 0.241. The SMILES string of the molecule is CCC(N)C(C)(C)O[Si]C(C)(C)C. The molecule has 0 aromatic heterocycles. The lowest BCUT2D eigenvalue weighted by atomic mass is 9.98. The van der Waals surface area contributed by atoms with Gasteiger partial charge in [0.2, 0.25) is 9.76 Å². The average Bonchev–Trinajstić information content (AvgIpc) is 1.98. The monoisotopic (exact) mass is 201 g/mol. The molecule has 0 saturated heterocycles. The molecule has 2 nitrogen and oxygen atoms in total. The summed E-state index contributed by atoms with van der Waals surface area (Å²) in [4.78, 5) is 0. The highest BCUT2D eigenvalue weighted by atomic mass is 28.2. The molecule has 0 spiro atoms. The van der Waals surface area contributed by atoms with Crippen LogP contribution in [0, 0.1) is 0 Å². The molecule has 0 heterocycles. The number of nitrogens with two attached hydrogens (primary N) is 1. The summed E-state index contributed by atoms with van der Waals surface area (Å²) in [6.07, 6.45) is 0.960. The second-order valence-corrected chi connectivity index (χ2v) is 6.98. The Bertz CT molecular complexity index is 151. The van der Waals surface area contributed by atoms with Crippen LogP contribution in [0.1, 0.15) is 48.0 Å². The standard InChI is InChI=1S/C10H23NOSi/c1-7-8(11)10(5,6)12-13-9(2,3)4/h8H,7,11H2,1-6H3. The topological polar surface area (TPSA) is 35.2 Å². The molecule has 0 aliphatic rings. The second-order valence-electron chi connectivity index (χ2n) is 5.07. The van der Waals surface area contributed by atoms with Gasteiger partial charge in [0.15, 0.2) is 0 Å². The van der Waals surface area contributed by atoms with Crippen molar-refractivity contribution in [2.24, 2.45) is 5.73 Å². The number of rotatable bonds is 4. The Kier molecular flexibility index (Phi) is 4.62. The van der Waals surface area contributed by atoms with Gasteiger partial charge in [0.25, 0.3) is 0 Å². The molecule has 13 heavy (non-hydrogen) atoms. The molecular formula is C10H23NOSi. The van der Waals surface area contributed by atoms with Crippen molar-refractivity contribution in [2.45, 2.75) is 64.6 Å². The van der Waals surface area contributed by atoms with Crippen molar-refractivity contribution in [2.75, 3.05) is 0 Å². The van der Waals surface area contributed by atoms with E-state index in [-0.39, 0.29) is 16.7 Å². The van der Waals surface area contributed by atoms with Crippen molar-refractivity contribution in [3.05, 3.63) is 0 Å². The average molecular weight is 201 g/mol. The van der Waals surface area contributed by atoms with Crippen molar-refractivity contribution in [3.8, 4) is 0 Å². The summed E-state index contributed by atoms with van der Waals surface area (Å²) < 4.78 is 5.85. The normalized spacial score (nSPS) is 15.9. The van der Waals surface area contributed by atoms with E-state index in [2.05, 4.69) is 41.5 Å². The molecule has 0 fully saturated rings. The van der Waals surface area contributed by atoms with E-state index in [1.54, 1.807) is 0 Å². The van der Waals surface area contributed by atoms with Crippen LogP contribution in [0.2, 0.25) is 5.04 Å². The van der Waals surface area contributed by atoms with Crippen LogP contribution in [0.5, 0.6) is 0 Å². The van der Waals surface area contributed by atoms with Crippen LogP contribution in [-0.4, -0.2) is 21.4 Å². The molecule has 1 atom stereocenters. The summed E-state index contributed by atoms with van der Waals surface area (Å²) >= 11 is 0. The van der Waals surface area contributed by atoms with Gasteiger partial charge in [-0.15, -0.1) is 0 Å². The quantitative estimate of drug-likeness (QED) is 0.709. The predicted molar refractivity (Wildman–Crippen MR) is 58.9 cm³/mol. The fourth-order valence-electron chi connectivity index (χ4n) is 0.852. The lowest BCUT2D eigenvalue weighted by Crippen LogP contribution is -2.46. The van der Waals surface area contributed by atoms with Crippen molar-refractivity contribution in [1.29, 1.82) is 0 Å². The van der Waals surface area contributed by atoms with E-state index >= 15 is 0 Å². The molecule has 2 radical (unpaired) electrons. The Morgan fingerprint density at radius 2 is 1.69 bits per heavy atom. The largest absolute Gasteiger partial charge is 0.410 e. The van der Waals surface area contributed by atoms with Crippen LogP contribution in [0.3, 0.4) is 0 Å². The van der Waals surface area contributed by atoms with E-state index in [9.17, 15) is 0 Å². The Balaban J connectivity index is 4.03. The van der Waals surface area contributed by atoms with Gasteiger partial charge in [0.1, 0.15) is 0 Å². The Labute approximate surface area is 85.2 Å². The molecule has 0 saturated carbocycles. The van der Waals surface area contributed by atoms with Crippen LogP contribution in [0.4, 0.5) is 0 Å². The van der Waals surface area contributed by atoms with Crippen molar-refractivity contribution >= 4 is 9.76 Å². The maximum atomic E-state index is 5.96. The first-order chi connectivity index (χ1) is 5.69. The molecule has 0 amide bonds. The minimum atomic E-state index is -0.194. The maximum absolute atomic E-state index is 5.96. The Hall–Kier alpha value is 0.137. The van der Waals surface area contributed by atoms with Gasteiger partial charge in [0.05, 0.1) is 5.60 Å². The number of hydrogen-bond donors (Lipinski definition) is 1. The van der Waals surface area contributed by atoms with Crippen molar-refractivity contribution in [1.82, 2.24) is 0 Å². The fraction of sp³-hybridized carbons (Fsp3) is 1.00. The molecular weight excluding hydrogens is 178 g/mol. The van der Waals surface area contributed by atoms with Crippen molar-refractivity contribution < 1.29 is 4.43 Å². The summed E-state index contributed by atoms with van der Waals surface area (Å²) in [6, 6.07) is 0.127. The summed E-state index contributed by atoms with van der Waals surface area (Å²) in [5.74, 6) is 0. The summed E-state index contributed by atoms with van der Waals surface area (Å²) in [7, 11) is 0.509. The maximum Gasteiger partial charge on any atom is 0.236 e. The summed E-state index contributed by atoms with van der Waals surface area (Å²) in [6.45, 7) is 12.8. The molecule has 0 bridgehead atoms. The molecule has 0 aromatic rings. The van der Waals surface area contributed by atoms with E-state index in [0.717, 1.165) is 6.42 Å². The fourth-order valence-corrected chi connectivity index (χ4v) is 1.57. The molecule has 78 valence electrons. The van der Waals surface area contributed by atoms with E-state index in [4.69, 9.17) is 10.2 Å². The van der Waals surface area contributed by atoms with Crippen LogP contribution >= 0.6 is 0 Å². The van der Waals surface area contributed by atoms with E-state index in [1.165, 1.54) is 0 Å².